The summed E-state index contributed by atoms with van der Waals surface area (Å²) in [6.07, 6.45) is -15.3. The second-order valence-electron chi connectivity index (χ2n) is 5.65. The van der Waals surface area contributed by atoms with Crippen LogP contribution in [0.15, 0.2) is 24.3 Å². The number of rotatable bonds is 8. The number of nitrogens with one attached hydrogen (secondary N) is 1. The smallest absolute Gasteiger partial charge is 0.439 e. The lowest BCUT2D eigenvalue weighted by molar-refractivity contribution is -0.304. The van der Waals surface area contributed by atoms with Gasteiger partial charge in [0.25, 0.3) is 6.17 Å². The Balaban J connectivity index is 2.72. The fourth-order valence-electron chi connectivity index (χ4n) is 1.91. The van der Waals surface area contributed by atoms with Crippen molar-refractivity contribution in [2.24, 2.45) is 5.92 Å². The van der Waals surface area contributed by atoms with Crippen molar-refractivity contribution >= 4 is 5.97 Å². The first-order chi connectivity index (χ1) is 11.3. The van der Waals surface area contributed by atoms with Gasteiger partial charge in [0.1, 0.15) is 11.8 Å². The molecule has 0 aliphatic carbocycles. The number of benzene rings is 1. The van der Waals surface area contributed by atoms with Crippen molar-refractivity contribution in [1.82, 2.24) is 5.32 Å². The van der Waals surface area contributed by atoms with Crippen LogP contribution in [-0.4, -0.2) is 35.6 Å². The Labute approximate surface area is 139 Å². The van der Waals surface area contributed by atoms with Gasteiger partial charge in [0, 0.05) is 6.54 Å². The molecular weight excluding hydrogens is 356 g/mol. The summed E-state index contributed by atoms with van der Waals surface area (Å²) in [4.78, 5) is 11.0. The molecule has 1 unspecified atom stereocenters. The first-order valence-corrected chi connectivity index (χ1v) is 7.17. The van der Waals surface area contributed by atoms with E-state index in [1.54, 1.807) is 13.8 Å². The van der Waals surface area contributed by atoms with E-state index in [1.165, 1.54) is 12.1 Å². The largest absolute Gasteiger partial charge is 0.480 e. The maximum absolute atomic E-state index is 13.1. The molecule has 10 heteroatoms. The second-order valence-corrected chi connectivity index (χ2v) is 5.65. The number of aliphatic carboxylic acids is 1. The topological polar surface area (TPSA) is 58.6 Å². The molecule has 0 aliphatic heterocycles. The molecule has 0 saturated carbocycles. The van der Waals surface area contributed by atoms with Gasteiger partial charge in [-0.1, -0.05) is 26.0 Å². The number of carboxylic acid groups (broad SMARTS) is 1. The molecule has 0 radical (unpaired) electrons. The molecule has 25 heavy (non-hydrogen) atoms. The molecule has 0 heterocycles. The van der Waals surface area contributed by atoms with E-state index in [0.29, 0.717) is 5.56 Å². The van der Waals surface area contributed by atoms with Gasteiger partial charge in [-0.3, -0.25) is 4.79 Å². The highest BCUT2D eigenvalue weighted by molar-refractivity contribution is 5.73. The second kappa shape index (κ2) is 7.94. The Morgan fingerprint density at radius 2 is 1.68 bits per heavy atom. The summed E-state index contributed by atoms with van der Waals surface area (Å²) in [5.74, 6) is -1.92. The van der Waals surface area contributed by atoms with Gasteiger partial charge in [-0.05, 0) is 23.6 Å². The fourth-order valence-corrected chi connectivity index (χ4v) is 1.91. The summed E-state index contributed by atoms with van der Waals surface area (Å²) in [5.41, 5.74) is 0.482. The van der Waals surface area contributed by atoms with E-state index in [0.717, 1.165) is 12.1 Å². The number of ether oxygens (including phenoxy) is 1. The van der Waals surface area contributed by atoms with Crippen molar-refractivity contribution in [2.75, 3.05) is 0 Å². The lowest BCUT2D eigenvalue weighted by atomic mass is 10.0. The summed E-state index contributed by atoms with van der Waals surface area (Å²) < 4.78 is 78.9. The van der Waals surface area contributed by atoms with Crippen molar-refractivity contribution in [1.29, 1.82) is 0 Å². The van der Waals surface area contributed by atoms with Crippen LogP contribution in [0.5, 0.6) is 5.75 Å². The number of hydrogen-bond acceptors (Lipinski definition) is 3. The standard InChI is InChI=1S/C15H17F6NO3/c1-8(2)11(12(23)24)22-7-9-3-5-10(6-4-9)25-15(20,21)13(16)14(17,18)19/h3-6,8,11,13,22H,7H2,1-2H3,(H,23,24)/t11-,13?/m0/s1. The molecule has 0 fully saturated rings. The zero-order valence-electron chi connectivity index (χ0n) is 13.3. The van der Waals surface area contributed by atoms with Gasteiger partial charge in [0.15, 0.2) is 0 Å². The lowest BCUT2D eigenvalue weighted by Gasteiger charge is -2.23. The third-order valence-corrected chi connectivity index (χ3v) is 3.22. The molecule has 0 saturated heterocycles. The molecule has 1 rings (SSSR count). The predicted molar refractivity (Wildman–Crippen MR) is 76.1 cm³/mol. The van der Waals surface area contributed by atoms with E-state index >= 15 is 0 Å². The van der Waals surface area contributed by atoms with Crippen LogP contribution in [0.3, 0.4) is 0 Å². The van der Waals surface area contributed by atoms with Gasteiger partial charge >= 0.3 is 18.3 Å². The molecule has 2 atom stereocenters. The van der Waals surface area contributed by atoms with Gasteiger partial charge in [-0.25, -0.2) is 4.39 Å². The zero-order valence-corrected chi connectivity index (χ0v) is 13.3. The third kappa shape index (κ3) is 6.11. The van der Waals surface area contributed by atoms with Crippen molar-refractivity contribution < 1.29 is 41.0 Å². The highest BCUT2D eigenvalue weighted by atomic mass is 19.4. The summed E-state index contributed by atoms with van der Waals surface area (Å²) in [5, 5.41) is 11.8. The Hall–Kier alpha value is -1.97. The van der Waals surface area contributed by atoms with Gasteiger partial charge in [-0.15, -0.1) is 0 Å². The van der Waals surface area contributed by atoms with Crippen LogP contribution in [0.4, 0.5) is 26.3 Å². The van der Waals surface area contributed by atoms with Gasteiger partial charge in [-0.2, -0.15) is 22.0 Å². The summed E-state index contributed by atoms with van der Waals surface area (Å²) in [6, 6.07) is 3.55. The number of carboxylic acids is 1. The molecule has 0 bridgehead atoms. The normalized spacial score (nSPS) is 15.1. The molecule has 4 nitrogen and oxygen atoms in total. The lowest BCUT2D eigenvalue weighted by Crippen LogP contribution is -2.45. The van der Waals surface area contributed by atoms with Crippen LogP contribution in [0.25, 0.3) is 0 Å². The molecule has 142 valence electrons. The van der Waals surface area contributed by atoms with E-state index in [1.807, 2.05) is 0 Å². The first kappa shape index (κ1) is 21.1. The maximum Gasteiger partial charge on any atom is 0.439 e. The molecule has 1 aromatic rings. The van der Waals surface area contributed by atoms with Crippen LogP contribution < -0.4 is 10.1 Å². The minimum absolute atomic E-state index is 0.0834. The zero-order chi connectivity index (χ0) is 19.4. The molecule has 0 amide bonds. The van der Waals surface area contributed by atoms with Crippen LogP contribution in [-0.2, 0) is 11.3 Å². The highest BCUT2D eigenvalue weighted by Gasteiger charge is 2.59. The van der Waals surface area contributed by atoms with Crippen LogP contribution in [0, 0.1) is 5.92 Å². The molecule has 0 aromatic heterocycles. The first-order valence-electron chi connectivity index (χ1n) is 7.17. The Morgan fingerprint density at radius 3 is 2.08 bits per heavy atom. The minimum Gasteiger partial charge on any atom is -0.480 e. The Bertz CT molecular complexity index is 574. The quantitative estimate of drug-likeness (QED) is 0.682. The van der Waals surface area contributed by atoms with Crippen molar-refractivity contribution in [3.8, 4) is 5.75 Å². The SMILES string of the molecule is CC(C)[C@H](NCc1ccc(OC(F)(F)C(F)C(F)(F)F)cc1)C(=O)O. The number of alkyl halides is 6. The summed E-state index contributed by atoms with van der Waals surface area (Å²) in [7, 11) is 0. The van der Waals surface area contributed by atoms with E-state index in [2.05, 4.69) is 10.1 Å². The van der Waals surface area contributed by atoms with Crippen molar-refractivity contribution in [2.45, 2.75) is 44.9 Å². The maximum atomic E-state index is 13.1. The molecule has 0 spiro atoms. The summed E-state index contributed by atoms with van der Waals surface area (Å²) in [6.45, 7) is 3.47. The predicted octanol–water partition coefficient (Wildman–Crippen LogP) is 3.76. The monoisotopic (exact) mass is 373 g/mol. The molecule has 0 aliphatic rings. The third-order valence-electron chi connectivity index (χ3n) is 3.22. The number of carbonyl (C=O) groups is 1. The molecule has 2 N–H and O–H groups in total. The van der Waals surface area contributed by atoms with Crippen LogP contribution in [0.1, 0.15) is 19.4 Å². The van der Waals surface area contributed by atoms with E-state index in [-0.39, 0.29) is 12.5 Å². The number of hydrogen-bond donors (Lipinski definition) is 2. The highest BCUT2D eigenvalue weighted by Crippen LogP contribution is 2.36. The number of halogens is 6. The minimum atomic E-state index is -5.75. The van der Waals surface area contributed by atoms with Crippen LogP contribution >= 0.6 is 0 Å². The fraction of sp³-hybridized carbons (Fsp3) is 0.533. The van der Waals surface area contributed by atoms with E-state index < -0.39 is 36.2 Å². The summed E-state index contributed by atoms with van der Waals surface area (Å²) >= 11 is 0. The Morgan fingerprint density at radius 1 is 1.16 bits per heavy atom. The Kier molecular flexibility index (Phi) is 6.69. The van der Waals surface area contributed by atoms with Crippen molar-refractivity contribution in [3.05, 3.63) is 29.8 Å². The average molecular weight is 373 g/mol. The van der Waals surface area contributed by atoms with Gasteiger partial charge < -0.3 is 15.2 Å². The van der Waals surface area contributed by atoms with Crippen LogP contribution in [0.2, 0.25) is 0 Å². The van der Waals surface area contributed by atoms with E-state index in [9.17, 15) is 31.1 Å². The van der Waals surface area contributed by atoms with Gasteiger partial charge in [0.2, 0.25) is 0 Å². The van der Waals surface area contributed by atoms with Gasteiger partial charge in [0.05, 0.1) is 0 Å². The van der Waals surface area contributed by atoms with E-state index in [4.69, 9.17) is 5.11 Å². The molecule has 1 aromatic carbocycles. The molecular formula is C15H17F6NO3. The van der Waals surface area contributed by atoms with Crippen molar-refractivity contribution in [3.63, 3.8) is 0 Å². The average Bonchev–Trinajstić information content (AvgIpc) is 2.46.